The maximum absolute atomic E-state index is 12.0. The van der Waals surface area contributed by atoms with E-state index in [9.17, 15) is 4.79 Å². The van der Waals surface area contributed by atoms with E-state index in [1.54, 1.807) is 36.4 Å². The largest absolute Gasteiger partial charge is 0.382 e. The second-order valence-electron chi connectivity index (χ2n) is 4.57. The minimum Gasteiger partial charge on any atom is -0.382 e. The van der Waals surface area contributed by atoms with Crippen molar-refractivity contribution in [1.29, 1.82) is 0 Å². The van der Waals surface area contributed by atoms with Crippen LogP contribution in [0.3, 0.4) is 0 Å². The predicted octanol–water partition coefficient (Wildman–Crippen LogP) is 4.10. The van der Waals surface area contributed by atoms with Crippen LogP contribution in [0.1, 0.15) is 0 Å². The van der Waals surface area contributed by atoms with E-state index in [2.05, 4.69) is 20.8 Å². The van der Waals surface area contributed by atoms with Gasteiger partial charge < -0.3 is 16.4 Å². The number of nitrogens with one attached hydrogen (secondary N) is 3. The molecule has 0 aliphatic carbocycles. The Morgan fingerprint density at radius 2 is 1.95 bits per heavy atom. The van der Waals surface area contributed by atoms with Gasteiger partial charge in [0.15, 0.2) is 5.82 Å². The molecule has 8 heteroatoms. The zero-order valence-electron chi connectivity index (χ0n) is 11.2. The van der Waals surface area contributed by atoms with Crippen molar-refractivity contribution >= 4 is 57.3 Å². The number of benzene rings is 2. The fourth-order valence-electron chi connectivity index (χ4n) is 1.99. The van der Waals surface area contributed by atoms with Crippen LogP contribution >= 0.6 is 23.2 Å². The molecule has 1 aromatic heterocycles. The fraction of sp³-hybridized carbons (Fsp3) is 0. The number of anilines is 3. The van der Waals surface area contributed by atoms with Crippen molar-refractivity contribution in [3.05, 3.63) is 46.4 Å². The van der Waals surface area contributed by atoms with Crippen molar-refractivity contribution in [3.8, 4) is 0 Å². The van der Waals surface area contributed by atoms with Gasteiger partial charge in [-0.1, -0.05) is 23.2 Å². The van der Waals surface area contributed by atoms with Crippen LogP contribution < -0.4 is 16.4 Å². The van der Waals surface area contributed by atoms with Crippen molar-refractivity contribution in [3.63, 3.8) is 0 Å². The summed E-state index contributed by atoms with van der Waals surface area (Å²) < 4.78 is 0. The molecule has 112 valence electrons. The Bertz CT molecular complexity index is 862. The molecule has 6 nitrogen and oxygen atoms in total. The molecule has 0 aliphatic heterocycles. The van der Waals surface area contributed by atoms with E-state index < -0.39 is 6.03 Å². The van der Waals surface area contributed by atoms with Gasteiger partial charge in [-0.3, -0.25) is 5.10 Å². The molecule has 0 spiro atoms. The van der Waals surface area contributed by atoms with Gasteiger partial charge in [-0.25, -0.2) is 4.79 Å². The molecule has 2 aromatic carbocycles. The van der Waals surface area contributed by atoms with Crippen LogP contribution in [0.2, 0.25) is 10.0 Å². The molecule has 0 saturated heterocycles. The Morgan fingerprint density at radius 1 is 1.14 bits per heavy atom. The van der Waals surface area contributed by atoms with E-state index >= 15 is 0 Å². The standard InChI is InChI=1S/C14H11Cl2N5O/c15-7-1-3-10(16)12(5-7)19-14(22)18-8-2-4-11-9(6-8)13(17)21-20-11/h1-6H,(H3,17,20,21)(H2,18,19,22). The van der Waals surface area contributed by atoms with Gasteiger partial charge in [0.2, 0.25) is 0 Å². The van der Waals surface area contributed by atoms with Crippen LogP contribution in [-0.2, 0) is 0 Å². The van der Waals surface area contributed by atoms with E-state index in [1.165, 1.54) is 0 Å². The fourth-order valence-corrected chi connectivity index (χ4v) is 2.33. The Labute approximate surface area is 135 Å². The SMILES string of the molecule is Nc1n[nH]c2ccc(NC(=O)Nc3cc(Cl)ccc3Cl)cc12. The Balaban J connectivity index is 1.77. The van der Waals surface area contributed by atoms with Gasteiger partial charge in [-0.05, 0) is 36.4 Å². The molecule has 0 unspecified atom stereocenters. The van der Waals surface area contributed by atoms with Crippen molar-refractivity contribution in [2.75, 3.05) is 16.4 Å². The van der Waals surface area contributed by atoms with E-state index in [-0.39, 0.29) is 0 Å². The third-order valence-corrected chi connectivity index (χ3v) is 3.59. The Morgan fingerprint density at radius 3 is 2.77 bits per heavy atom. The highest BCUT2D eigenvalue weighted by Crippen LogP contribution is 2.26. The minimum absolute atomic E-state index is 0.372. The summed E-state index contributed by atoms with van der Waals surface area (Å²) in [6, 6.07) is 9.62. The highest BCUT2D eigenvalue weighted by atomic mass is 35.5. The zero-order valence-corrected chi connectivity index (χ0v) is 12.7. The number of carbonyl (C=O) groups excluding carboxylic acids is 1. The lowest BCUT2D eigenvalue weighted by molar-refractivity contribution is 0.262. The molecule has 22 heavy (non-hydrogen) atoms. The molecule has 0 saturated carbocycles. The van der Waals surface area contributed by atoms with Gasteiger partial charge in [0, 0.05) is 16.1 Å². The maximum Gasteiger partial charge on any atom is 0.323 e. The van der Waals surface area contributed by atoms with Crippen LogP contribution in [0.15, 0.2) is 36.4 Å². The van der Waals surface area contributed by atoms with Crippen molar-refractivity contribution in [1.82, 2.24) is 10.2 Å². The first-order valence-corrected chi connectivity index (χ1v) is 7.05. The molecule has 3 rings (SSSR count). The summed E-state index contributed by atoms with van der Waals surface area (Å²) in [7, 11) is 0. The summed E-state index contributed by atoms with van der Waals surface area (Å²) in [5, 5.41) is 13.6. The van der Waals surface area contributed by atoms with Crippen LogP contribution in [-0.4, -0.2) is 16.2 Å². The summed E-state index contributed by atoms with van der Waals surface area (Å²) in [5.41, 5.74) is 7.53. The molecule has 1 heterocycles. The van der Waals surface area contributed by atoms with Gasteiger partial charge in [0.05, 0.1) is 16.2 Å². The zero-order chi connectivity index (χ0) is 15.7. The first kappa shape index (κ1) is 14.5. The van der Waals surface area contributed by atoms with Gasteiger partial charge in [0.25, 0.3) is 0 Å². The lowest BCUT2D eigenvalue weighted by atomic mass is 10.2. The van der Waals surface area contributed by atoms with Crippen LogP contribution in [0.5, 0.6) is 0 Å². The number of aromatic amines is 1. The molecular formula is C14H11Cl2N5O. The monoisotopic (exact) mass is 335 g/mol. The molecule has 0 aliphatic rings. The molecule has 5 N–H and O–H groups in total. The summed E-state index contributed by atoms with van der Waals surface area (Å²) in [6.45, 7) is 0. The number of fused-ring (bicyclic) bond motifs is 1. The average Bonchev–Trinajstić information content (AvgIpc) is 2.84. The van der Waals surface area contributed by atoms with Crippen LogP contribution in [0, 0.1) is 0 Å². The first-order chi connectivity index (χ1) is 10.5. The third-order valence-electron chi connectivity index (χ3n) is 3.03. The maximum atomic E-state index is 12.0. The number of urea groups is 1. The number of aromatic nitrogens is 2. The molecule has 0 fully saturated rings. The topological polar surface area (TPSA) is 95.8 Å². The van der Waals surface area contributed by atoms with Crippen molar-refractivity contribution < 1.29 is 4.79 Å². The lowest BCUT2D eigenvalue weighted by Gasteiger charge is -2.09. The quantitative estimate of drug-likeness (QED) is 0.567. The van der Waals surface area contributed by atoms with Crippen molar-refractivity contribution in [2.45, 2.75) is 0 Å². The second-order valence-corrected chi connectivity index (χ2v) is 5.42. The van der Waals surface area contributed by atoms with E-state index in [0.29, 0.717) is 27.2 Å². The molecule has 2 amide bonds. The van der Waals surface area contributed by atoms with Gasteiger partial charge >= 0.3 is 6.03 Å². The molecular weight excluding hydrogens is 325 g/mol. The van der Waals surface area contributed by atoms with Gasteiger partial charge in [-0.2, -0.15) is 5.10 Å². The number of nitrogens with zero attached hydrogens (tertiary/aromatic N) is 1. The van der Waals surface area contributed by atoms with Gasteiger partial charge in [-0.15, -0.1) is 0 Å². The predicted molar refractivity (Wildman–Crippen MR) is 89.6 cm³/mol. The second kappa shape index (κ2) is 5.75. The number of hydrogen-bond donors (Lipinski definition) is 4. The number of nitrogen functional groups attached to an aromatic ring is 1. The van der Waals surface area contributed by atoms with E-state index in [4.69, 9.17) is 28.9 Å². The van der Waals surface area contributed by atoms with Crippen LogP contribution in [0.25, 0.3) is 10.9 Å². The number of carbonyl (C=O) groups is 1. The number of halogens is 2. The Kier molecular flexibility index (Phi) is 3.79. The first-order valence-electron chi connectivity index (χ1n) is 6.29. The Hall–Kier alpha value is -2.44. The highest BCUT2D eigenvalue weighted by Gasteiger charge is 2.08. The summed E-state index contributed by atoms with van der Waals surface area (Å²) in [4.78, 5) is 12.0. The number of amides is 2. The number of hydrogen-bond acceptors (Lipinski definition) is 3. The number of rotatable bonds is 2. The molecule has 3 aromatic rings. The highest BCUT2D eigenvalue weighted by molar-refractivity contribution is 6.35. The summed E-state index contributed by atoms with van der Waals surface area (Å²) in [5.74, 6) is 0.372. The molecule has 0 radical (unpaired) electrons. The smallest absolute Gasteiger partial charge is 0.323 e. The molecule has 0 atom stereocenters. The van der Waals surface area contributed by atoms with Crippen LogP contribution in [0.4, 0.5) is 22.0 Å². The van der Waals surface area contributed by atoms with E-state index in [0.717, 1.165) is 10.9 Å². The normalized spacial score (nSPS) is 10.6. The third kappa shape index (κ3) is 2.93. The van der Waals surface area contributed by atoms with Gasteiger partial charge in [0.1, 0.15) is 0 Å². The number of nitrogens with two attached hydrogens (primary N) is 1. The summed E-state index contributed by atoms with van der Waals surface area (Å²) >= 11 is 11.9. The van der Waals surface area contributed by atoms with Crippen molar-refractivity contribution in [2.24, 2.45) is 0 Å². The average molecular weight is 336 g/mol. The lowest BCUT2D eigenvalue weighted by Crippen LogP contribution is -2.19. The molecule has 0 bridgehead atoms. The summed E-state index contributed by atoms with van der Waals surface area (Å²) in [6.07, 6.45) is 0. The minimum atomic E-state index is -0.439. The number of H-pyrrole nitrogens is 1. The van der Waals surface area contributed by atoms with E-state index in [1.807, 2.05) is 0 Å².